The number of carbonyl (C=O) groups excluding carboxylic acids is 3. The zero-order chi connectivity index (χ0) is 20.8. The molecule has 0 saturated carbocycles. The van der Waals surface area contributed by atoms with Crippen molar-refractivity contribution in [1.82, 2.24) is 0 Å². The summed E-state index contributed by atoms with van der Waals surface area (Å²) in [6, 6.07) is 7.57. The minimum absolute atomic E-state index is 0.0988. The summed E-state index contributed by atoms with van der Waals surface area (Å²) < 4.78 is 14.9. The molecule has 7 nitrogen and oxygen atoms in total. The zero-order valence-corrected chi connectivity index (χ0v) is 16.7. The fraction of sp³-hybridized carbons (Fsp3) is 0.250. The Balaban J connectivity index is 2.17. The van der Waals surface area contributed by atoms with Crippen LogP contribution in [0, 0.1) is 13.8 Å². The monoisotopic (exact) mass is 405 g/mol. The van der Waals surface area contributed by atoms with Gasteiger partial charge in [0.2, 0.25) is 0 Å². The third-order valence-corrected chi connectivity index (χ3v) is 4.50. The van der Waals surface area contributed by atoms with Crippen LogP contribution < -0.4 is 10.1 Å². The SMILES string of the molecule is COC(=O)c1ccc(C(=O)OC)c(NC(=O)COc2cc(C)c(Cl)c(C)c2)c1. The van der Waals surface area contributed by atoms with Crippen LogP contribution in [0.3, 0.4) is 0 Å². The van der Waals surface area contributed by atoms with E-state index in [9.17, 15) is 14.4 Å². The van der Waals surface area contributed by atoms with Crippen LogP contribution in [0.2, 0.25) is 5.02 Å². The largest absolute Gasteiger partial charge is 0.484 e. The number of halogens is 1. The van der Waals surface area contributed by atoms with Gasteiger partial charge in [-0.2, -0.15) is 0 Å². The molecule has 2 aromatic carbocycles. The molecule has 148 valence electrons. The number of methoxy groups -OCH3 is 2. The van der Waals surface area contributed by atoms with Crippen LogP contribution in [0.1, 0.15) is 31.8 Å². The Morgan fingerprint density at radius 1 is 0.964 bits per heavy atom. The molecule has 0 fully saturated rings. The molecule has 8 heteroatoms. The standard InChI is InChI=1S/C20H20ClNO6/c1-11-7-14(8-12(2)18(11)21)28-10-17(23)22-16-9-13(19(24)26-3)5-6-15(16)20(25)27-4/h5-9H,10H2,1-4H3,(H,22,23). The molecule has 0 bridgehead atoms. The first-order valence-corrected chi connectivity index (χ1v) is 8.64. The van der Waals surface area contributed by atoms with Gasteiger partial charge in [0.05, 0.1) is 31.0 Å². The molecule has 0 spiro atoms. The Morgan fingerprint density at radius 2 is 1.57 bits per heavy atom. The van der Waals surface area contributed by atoms with Crippen LogP contribution >= 0.6 is 11.6 Å². The van der Waals surface area contributed by atoms with Crippen LogP contribution in [0.5, 0.6) is 5.75 Å². The van der Waals surface area contributed by atoms with E-state index in [1.807, 2.05) is 13.8 Å². The van der Waals surface area contributed by atoms with Crippen molar-refractivity contribution >= 4 is 35.1 Å². The van der Waals surface area contributed by atoms with Gasteiger partial charge in [-0.05, 0) is 55.3 Å². The van der Waals surface area contributed by atoms with Crippen molar-refractivity contribution in [3.8, 4) is 5.75 Å². The van der Waals surface area contributed by atoms with Gasteiger partial charge < -0.3 is 19.5 Å². The first-order valence-electron chi connectivity index (χ1n) is 8.27. The number of ether oxygens (including phenoxy) is 3. The number of rotatable bonds is 6. The number of benzene rings is 2. The van der Waals surface area contributed by atoms with Gasteiger partial charge in [-0.1, -0.05) is 11.6 Å². The minimum atomic E-state index is -0.656. The molecule has 2 rings (SSSR count). The van der Waals surface area contributed by atoms with E-state index < -0.39 is 17.8 Å². The van der Waals surface area contributed by atoms with E-state index >= 15 is 0 Å². The lowest BCUT2D eigenvalue weighted by atomic mass is 10.1. The van der Waals surface area contributed by atoms with Crippen molar-refractivity contribution in [1.29, 1.82) is 0 Å². The van der Waals surface area contributed by atoms with Crippen LogP contribution in [0.4, 0.5) is 5.69 Å². The summed E-state index contributed by atoms with van der Waals surface area (Å²) in [7, 11) is 2.45. The van der Waals surface area contributed by atoms with E-state index in [0.717, 1.165) is 11.1 Å². The smallest absolute Gasteiger partial charge is 0.339 e. The van der Waals surface area contributed by atoms with Gasteiger partial charge >= 0.3 is 11.9 Å². The minimum Gasteiger partial charge on any atom is -0.484 e. The van der Waals surface area contributed by atoms with Crippen molar-refractivity contribution in [2.45, 2.75) is 13.8 Å². The van der Waals surface area contributed by atoms with Crippen molar-refractivity contribution in [3.63, 3.8) is 0 Å². The second-order valence-corrected chi connectivity index (χ2v) is 6.33. The number of hydrogen-bond acceptors (Lipinski definition) is 6. The number of nitrogens with one attached hydrogen (secondary N) is 1. The summed E-state index contributed by atoms with van der Waals surface area (Å²) in [4.78, 5) is 35.9. The van der Waals surface area contributed by atoms with E-state index in [-0.39, 0.29) is 23.4 Å². The van der Waals surface area contributed by atoms with E-state index in [1.165, 1.54) is 32.4 Å². The highest BCUT2D eigenvalue weighted by Gasteiger charge is 2.17. The number of carbonyl (C=O) groups is 3. The van der Waals surface area contributed by atoms with Crippen molar-refractivity contribution < 1.29 is 28.6 Å². The van der Waals surface area contributed by atoms with Gasteiger partial charge in [-0.25, -0.2) is 9.59 Å². The summed E-state index contributed by atoms with van der Waals surface area (Å²) in [6.07, 6.45) is 0. The molecule has 0 aliphatic rings. The van der Waals surface area contributed by atoms with Gasteiger partial charge in [-0.3, -0.25) is 4.79 Å². The zero-order valence-electron chi connectivity index (χ0n) is 15.9. The number of aryl methyl sites for hydroxylation is 2. The third kappa shape index (κ3) is 5.01. The highest BCUT2D eigenvalue weighted by Crippen LogP contribution is 2.26. The topological polar surface area (TPSA) is 90.9 Å². The maximum Gasteiger partial charge on any atom is 0.339 e. The van der Waals surface area contributed by atoms with Gasteiger partial charge in [0.25, 0.3) is 5.91 Å². The van der Waals surface area contributed by atoms with E-state index in [0.29, 0.717) is 10.8 Å². The average molecular weight is 406 g/mol. The first-order chi connectivity index (χ1) is 13.3. The van der Waals surface area contributed by atoms with E-state index in [1.54, 1.807) is 12.1 Å². The Bertz CT molecular complexity index is 902. The summed E-state index contributed by atoms with van der Waals surface area (Å²) in [5.74, 6) is -1.28. The van der Waals surface area contributed by atoms with Crippen molar-refractivity contribution in [2.75, 3.05) is 26.1 Å². The normalized spacial score (nSPS) is 10.2. The van der Waals surface area contributed by atoms with Crippen LogP contribution in [-0.2, 0) is 14.3 Å². The highest BCUT2D eigenvalue weighted by molar-refractivity contribution is 6.32. The molecule has 1 amide bonds. The second kappa shape index (κ2) is 9.23. The molecule has 28 heavy (non-hydrogen) atoms. The fourth-order valence-electron chi connectivity index (χ4n) is 2.51. The van der Waals surface area contributed by atoms with Gasteiger partial charge in [0.1, 0.15) is 5.75 Å². The molecule has 0 aliphatic heterocycles. The van der Waals surface area contributed by atoms with Gasteiger partial charge in [0, 0.05) is 5.02 Å². The molecule has 2 aromatic rings. The molecule has 0 radical (unpaired) electrons. The van der Waals surface area contributed by atoms with Crippen molar-refractivity contribution in [2.24, 2.45) is 0 Å². The van der Waals surface area contributed by atoms with E-state index in [2.05, 4.69) is 10.1 Å². The summed E-state index contributed by atoms with van der Waals surface area (Å²) in [6.45, 7) is 3.37. The molecular weight excluding hydrogens is 386 g/mol. The lowest BCUT2D eigenvalue weighted by Gasteiger charge is -2.13. The molecule has 0 saturated heterocycles. The third-order valence-electron chi connectivity index (χ3n) is 3.90. The molecule has 0 heterocycles. The highest BCUT2D eigenvalue weighted by atomic mass is 35.5. The lowest BCUT2D eigenvalue weighted by molar-refractivity contribution is -0.118. The summed E-state index contributed by atoms with van der Waals surface area (Å²) in [5.41, 5.74) is 2.05. The molecule has 0 unspecified atom stereocenters. The fourth-order valence-corrected chi connectivity index (χ4v) is 2.61. The number of hydrogen-bond donors (Lipinski definition) is 1. The lowest BCUT2D eigenvalue weighted by Crippen LogP contribution is -2.22. The van der Waals surface area contributed by atoms with Gasteiger partial charge in [-0.15, -0.1) is 0 Å². The van der Waals surface area contributed by atoms with Crippen molar-refractivity contribution in [3.05, 3.63) is 57.6 Å². The van der Waals surface area contributed by atoms with E-state index in [4.69, 9.17) is 21.1 Å². The molecular formula is C20H20ClNO6. The van der Waals surface area contributed by atoms with Gasteiger partial charge in [0.15, 0.2) is 6.61 Å². The predicted molar refractivity (Wildman–Crippen MR) is 104 cm³/mol. The summed E-state index contributed by atoms with van der Waals surface area (Å²) >= 11 is 6.12. The first kappa shape index (κ1) is 21.2. The average Bonchev–Trinajstić information content (AvgIpc) is 2.69. The Morgan fingerprint density at radius 3 is 2.14 bits per heavy atom. The number of esters is 2. The number of amides is 1. The maximum atomic E-state index is 12.3. The second-order valence-electron chi connectivity index (χ2n) is 5.95. The van der Waals surface area contributed by atoms with Crippen LogP contribution in [0.15, 0.2) is 30.3 Å². The molecule has 0 aromatic heterocycles. The Kier molecular flexibility index (Phi) is 7.00. The maximum absolute atomic E-state index is 12.3. The predicted octanol–water partition coefficient (Wildman–Crippen LogP) is 3.55. The number of anilines is 1. The molecule has 0 aliphatic carbocycles. The Hall–Kier alpha value is -3.06. The molecule has 0 atom stereocenters. The quantitative estimate of drug-likeness (QED) is 0.739. The van der Waals surface area contributed by atoms with Crippen LogP contribution in [-0.4, -0.2) is 38.7 Å². The Labute approximate surface area is 167 Å². The summed E-state index contributed by atoms with van der Waals surface area (Å²) in [5, 5.41) is 3.20. The van der Waals surface area contributed by atoms with Crippen LogP contribution in [0.25, 0.3) is 0 Å². The molecule has 1 N–H and O–H groups in total.